The quantitative estimate of drug-likeness (QED) is 0.304. The Morgan fingerprint density at radius 3 is 2.83 bits per heavy atom. The van der Waals surface area contributed by atoms with E-state index in [1.54, 1.807) is 25.1 Å². The summed E-state index contributed by atoms with van der Waals surface area (Å²) in [4.78, 5) is 0. The number of nitrogen functional groups attached to an aromatic ring is 1. The van der Waals surface area contributed by atoms with Gasteiger partial charge in [-0.05, 0) is 25.1 Å². The summed E-state index contributed by atoms with van der Waals surface area (Å²) >= 11 is 5.82. The van der Waals surface area contributed by atoms with Crippen LogP contribution in [-0.4, -0.2) is 10.9 Å². The van der Waals surface area contributed by atoms with Gasteiger partial charge >= 0.3 is 0 Å². The number of rotatable bonds is 1. The van der Waals surface area contributed by atoms with Gasteiger partial charge in [0.25, 0.3) is 0 Å². The van der Waals surface area contributed by atoms with Crippen molar-refractivity contribution in [2.75, 3.05) is 5.73 Å². The lowest BCUT2D eigenvalue weighted by Crippen LogP contribution is -1.97. The maximum absolute atomic E-state index is 8.49. The van der Waals surface area contributed by atoms with E-state index in [4.69, 9.17) is 22.5 Å². The molecule has 0 fully saturated rings. The van der Waals surface area contributed by atoms with Crippen LogP contribution in [0.3, 0.4) is 0 Å². The minimum atomic E-state index is 0.451. The summed E-state index contributed by atoms with van der Waals surface area (Å²) in [5.74, 6) is 0. The van der Waals surface area contributed by atoms with Gasteiger partial charge in [0.15, 0.2) is 0 Å². The van der Waals surface area contributed by atoms with E-state index in [0.717, 1.165) is 0 Å². The molecular weight excluding hydrogens is 176 g/mol. The molecule has 0 heterocycles. The van der Waals surface area contributed by atoms with E-state index in [1.165, 1.54) is 0 Å². The summed E-state index contributed by atoms with van der Waals surface area (Å²) in [7, 11) is 0. The zero-order valence-electron chi connectivity index (χ0n) is 6.58. The smallest absolute Gasteiger partial charge is 0.0852 e. The monoisotopic (exact) mass is 184 g/mol. The Hall–Kier alpha value is -1.22. The van der Waals surface area contributed by atoms with Gasteiger partial charge in [0.1, 0.15) is 0 Å². The molecule has 0 saturated carbocycles. The van der Waals surface area contributed by atoms with Gasteiger partial charge in [0, 0.05) is 16.3 Å². The SMILES string of the molecule is C/C(=N/O)c1cc(N)ccc1Cl. The van der Waals surface area contributed by atoms with E-state index in [0.29, 0.717) is 22.0 Å². The molecule has 0 amide bonds. The summed E-state index contributed by atoms with van der Waals surface area (Å²) in [6, 6.07) is 5.02. The number of benzene rings is 1. The lowest BCUT2D eigenvalue weighted by Gasteiger charge is -2.02. The van der Waals surface area contributed by atoms with Gasteiger partial charge < -0.3 is 10.9 Å². The van der Waals surface area contributed by atoms with Crippen molar-refractivity contribution in [1.82, 2.24) is 0 Å². The molecule has 3 N–H and O–H groups in total. The van der Waals surface area contributed by atoms with E-state index in [2.05, 4.69) is 5.16 Å². The van der Waals surface area contributed by atoms with E-state index in [-0.39, 0.29) is 0 Å². The Labute approximate surface area is 75.4 Å². The van der Waals surface area contributed by atoms with Crippen molar-refractivity contribution in [1.29, 1.82) is 0 Å². The molecule has 0 aliphatic carbocycles. The fraction of sp³-hybridized carbons (Fsp3) is 0.125. The van der Waals surface area contributed by atoms with E-state index >= 15 is 0 Å². The van der Waals surface area contributed by atoms with Gasteiger partial charge in [-0.25, -0.2) is 0 Å². The molecule has 12 heavy (non-hydrogen) atoms. The van der Waals surface area contributed by atoms with E-state index in [1.807, 2.05) is 0 Å². The van der Waals surface area contributed by atoms with Crippen LogP contribution in [0.2, 0.25) is 5.02 Å². The highest BCUT2D eigenvalue weighted by Gasteiger charge is 2.03. The second-order valence-electron chi connectivity index (χ2n) is 2.42. The summed E-state index contributed by atoms with van der Waals surface area (Å²) in [6.07, 6.45) is 0. The summed E-state index contributed by atoms with van der Waals surface area (Å²) in [5, 5.41) is 12.1. The van der Waals surface area contributed by atoms with Crippen LogP contribution in [0.25, 0.3) is 0 Å². The molecule has 1 rings (SSSR count). The first-order valence-electron chi connectivity index (χ1n) is 3.39. The van der Waals surface area contributed by atoms with Gasteiger partial charge in [-0.3, -0.25) is 0 Å². The maximum atomic E-state index is 8.49. The maximum Gasteiger partial charge on any atom is 0.0852 e. The zero-order valence-corrected chi connectivity index (χ0v) is 7.34. The van der Waals surface area contributed by atoms with Crippen molar-refractivity contribution in [3.8, 4) is 0 Å². The van der Waals surface area contributed by atoms with Crippen LogP contribution in [0.5, 0.6) is 0 Å². The fourth-order valence-corrected chi connectivity index (χ4v) is 1.13. The van der Waals surface area contributed by atoms with Gasteiger partial charge in [-0.2, -0.15) is 0 Å². The third-order valence-corrected chi connectivity index (χ3v) is 1.86. The van der Waals surface area contributed by atoms with Gasteiger partial charge in [-0.1, -0.05) is 16.8 Å². The molecule has 0 bridgehead atoms. The number of nitrogens with two attached hydrogens (primary N) is 1. The molecule has 0 spiro atoms. The van der Waals surface area contributed by atoms with Crippen molar-refractivity contribution in [3.63, 3.8) is 0 Å². The highest BCUT2D eigenvalue weighted by atomic mass is 35.5. The van der Waals surface area contributed by atoms with Gasteiger partial charge in [0.05, 0.1) is 5.71 Å². The molecule has 64 valence electrons. The number of hydrogen-bond donors (Lipinski definition) is 2. The Morgan fingerprint density at radius 2 is 2.25 bits per heavy atom. The van der Waals surface area contributed by atoms with Gasteiger partial charge in [-0.15, -0.1) is 0 Å². The first kappa shape index (κ1) is 8.87. The number of nitrogens with zero attached hydrogens (tertiary/aromatic N) is 1. The highest BCUT2D eigenvalue weighted by Crippen LogP contribution is 2.19. The Kier molecular flexibility index (Phi) is 2.55. The lowest BCUT2D eigenvalue weighted by atomic mass is 10.1. The first-order valence-corrected chi connectivity index (χ1v) is 3.77. The van der Waals surface area contributed by atoms with Gasteiger partial charge in [0.2, 0.25) is 0 Å². The predicted molar refractivity (Wildman–Crippen MR) is 49.9 cm³/mol. The van der Waals surface area contributed by atoms with Crippen LogP contribution in [0.4, 0.5) is 5.69 Å². The lowest BCUT2D eigenvalue weighted by molar-refractivity contribution is 0.319. The van der Waals surface area contributed by atoms with E-state index < -0.39 is 0 Å². The minimum absolute atomic E-state index is 0.451. The third kappa shape index (κ3) is 1.68. The van der Waals surface area contributed by atoms with Crippen LogP contribution in [0, 0.1) is 0 Å². The number of halogens is 1. The topological polar surface area (TPSA) is 58.6 Å². The Balaban J connectivity index is 3.23. The van der Waals surface area contributed by atoms with Crippen LogP contribution in [-0.2, 0) is 0 Å². The minimum Gasteiger partial charge on any atom is -0.411 e. The number of oxime groups is 1. The second-order valence-corrected chi connectivity index (χ2v) is 2.83. The van der Waals surface area contributed by atoms with Crippen molar-refractivity contribution in [2.45, 2.75) is 6.92 Å². The van der Waals surface area contributed by atoms with Crippen LogP contribution < -0.4 is 5.73 Å². The molecule has 0 aliphatic rings. The molecule has 0 aliphatic heterocycles. The average Bonchev–Trinajstić information content (AvgIpc) is 2.08. The second kappa shape index (κ2) is 3.45. The standard InChI is InChI=1S/C8H9ClN2O/c1-5(11-12)7-4-6(10)2-3-8(7)9/h2-4,12H,10H2,1H3/b11-5-. The van der Waals surface area contributed by atoms with Crippen LogP contribution >= 0.6 is 11.6 Å². The summed E-state index contributed by atoms with van der Waals surface area (Å²) in [6.45, 7) is 1.65. The number of anilines is 1. The van der Waals surface area contributed by atoms with Crippen molar-refractivity contribution >= 4 is 23.0 Å². The molecule has 0 unspecified atom stereocenters. The fourth-order valence-electron chi connectivity index (χ4n) is 0.874. The molecule has 0 radical (unpaired) electrons. The summed E-state index contributed by atoms with van der Waals surface area (Å²) in [5.41, 5.74) is 7.22. The normalized spacial score (nSPS) is 11.7. The molecule has 0 saturated heterocycles. The molecular formula is C8H9ClN2O. The largest absolute Gasteiger partial charge is 0.411 e. The van der Waals surface area contributed by atoms with Crippen molar-refractivity contribution < 1.29 is 5.21 Å². The Bertz CT molecular complexity index is 323. The van der Waals surface area contributed by atoms with Crippen molar-refractivity contribution in [3.05, 3.63) is 28.8 Å². The van der Waals surface area contributed by atoms with Crippen LogP contribution in [0.15, 0.2) is 23.4 Å². The third-order valence-electron chi connectivity index (χ3n) is 1.53. The molecule has 1 aromatic rings. The number of hydrogen-bond acceptors (Lipinski definition) is 3. The predicted octanol–water partition coefficient (Wildman–Crippen LogP) is 2.12. The molecule has 3 nitrogen and oxygen atoms in total. The molecule has 1 aromatic carbocycles. The Morgan fingerprint density at radius 1 is 1.58 bits per heavy atom. The average molecular weight is 185 g/mol. The highest BCUT2D eigenvalue weighted by molar-refractivity contribution is 6.34. The van der Waals surface area contributed by atoms with Crippen molar-refractivity contribution in [2.24, 2.45) is 5.16 Å². The van der Waals surface area contributed by atoms with Crippen LogP contribution in [0.1, 0.15) is 12.5 Å². The molecule has 0 atom stereocenters. The summed E-state index contributed by atoms with van der Waals surface area (Å²) < 4.78 is 0. The molecule has 0 aromatic heterocycles. The zero-order chi connectivity index (χ0) is 9.14. The first-order chi connectivity index (χ1) is 5.65. The molecule has 4 heteroatoms. The van der Waals surface area contributed by atoms with E-state index in [9.17, 15) is 0 Å².